The van der Waals surface area contributed by atoms with Gasteiger partial charge in [-0.2, -0.15) is 13.2 Å². The molecule has 0 aromatic heterocycles. The number of alkyl halides is 3. The summed E-state index contributed by atoms with van der Waals surface area (Å²) < 4.78 is 59.3. The lowest BCUT2D eigenvalue weighted by Gasteiger charge is -2.09. The molecule has 0 saturated heterocycles. The van der Waals surface area contributed by atoms with E-state index >= 15 is 0 Å². The van der Waals surface area contributed by atoms with Crippen molar-refractivity contribution in [2.45, 2.75) is 6.18 Å². The second kappa shape index (κ2) is 4.59. The van der Waals surface area contributed by atoms with Crippen LogP contribution in [0.15, 0.2) is 18.2 Å². The van der Waals surface area contributed by atoms with Crippen LogP contribution in [0.3, 0.4) is 0 Å². The molecule has 0 fully saturated rings. The standard InChI is InChI=1S/C10H6ClF3O2S/c1-17(15,16)6-5-7-8(10(12,13)14)3-2-4-9(7)11/h2-4H,1H3. The molecule has 2 nitrogen and oxygen atoms in total. The number of halogens is 4. The van der Waals surface area contributed by atoms with Crippen molar-refractivity contribution in [2.24, 2.45) is 0 Å². The molecule has 92 valence electrons. The first kappa shape index (κ1) is 13.9. The van der Waals surface area contributed by atoms with Gasteiger partial charge in [-0.3, -0.25) is 0 Å². The zero-order valence-corrected chi connectivity index (χ0v) is 10.0. The molecule has 0 aliphatic carbocycles. The van der Waals surface area contributed by atoms with E-state index in [1.54, 1.807) is 5.25 Å². The second-order valence-electron chi connectivity index (χ2n) is 3.16. The van der Waals surface area contributed by atoms with Crippen LogP contribution in [0.4, 0.5) is 13.2 Å². The van der Waals surface area contributed by atoms with Gasteiger partial charge in [0.2, 0.25) is 9.84 Å². The fourth-order valence-electron chi connectivity index (χ4n) is 1.03. The van der Waals surface area contributed by atoms with E-state index in [0.717, 1.165) is 18.4 Å². The molecule has 0 atom stereocenters. The maximum absolute atomic E-state index is 12.6. The third kappa shape index (κ3) is 3.95. The number of sulfone groups is 1. The summed E-state index contributed by atoms with van der Waals surface area (Å²) in [6, 6.07) is 3.12. The third-order valence-corrected chi connectivity index (χ3v) is 2.47. The molecule has 0 bridgehead atoms. The van der Waals surface area contributed by atoms with Crippen LogP contribution in [0.5, 0.6) is 0 Å². The quantitative estimate of drug-likeness (QED) is 0.686. The van der Waals surface area contributed by atoms with Gasteiger partial charge in [-0.15, -0.1) is 0 Å². The van der Waals surface area contributed by atoms with Crippen molar-refractivity contribution >= 4 is 21.4 Å². The number of benzene rings is 1. The summed E-state index contributed by atoms with van der Waals surface area (Å²) in [5.41, 5.74) is -1.59. The third-order valence-electron chi connectivity index (χ3n) is 1.68. The molecule has 0 N–H and O–H groups in total. The van der Waals surface area contributed by atoms with Gasteiger partial charge in [0.05, 0.1) is 22.4 Å². The Kier molecular flexibility index (Phi) is 3.74. The molecule has 0 unspecified atom stereocenters. The minimum atomic E-state index is -4.63. The highest BCUT2D eigenvalue weighted by Crippen LogP contribution is 2.34. The summed E-state index contributed by atoms with van der Waals surface area (Å²) >= 11 is 5.57. The van der Waals surface area contributed by atoms with Crippen LogP contribution in [-0.4, -0.2) is 14.7 Å². The van der Waals surface area contributed by atoms with Crippen molar-refractivity contribution in [1.29, 1.82) is 0 Å². The maximum atomic E-state index is 12.6. The summed E-state index contributed by atoms with van der Waals surface area (Å²) in [5, 5.41) is 1.49. The molecule has 0 aliphatic heterocycles. The molecule has 0 saturated carbocycles. The van der Waals surface area contributed by atoms with Gasteiger partial charge in [-0.05, 0) is 18.1 Å². The zero-order valence-electron chi connectivity index (χ0n) is 8.47. The fraction of sp³-hybridized carbons (Fsp3) is 0.200. The molecule has 1 aromatic carbocycles. The lowest BCUT2D eigenvalue weighted by atomic mass is 10.1. The highest BCUT2D eigenvalue weighted by Gasteiger charge is 2.33. The van der Waals surface area contributed by atoms with Gasteiger partial charge in [0.15, 0.2) is 0 Å². The van der Waals surface area contributed by atoms with Gasteiger partial charge in [0.1, 0.15) is 0 Å². The summed E-state index contributed by atoms with van der Waals surface area (Å²) in [6.07, 6.45) is -3.84. The Morgan fingerprint density at radius 1 is 1.29 bits per heavy atom. The number of hydrogen-bond acceptors (Lipinski definition) is 2. The first-order valence-corrected chi connectivity index (χ1v) is 6.47. The molecule has 1 rings (SSSR count). The van der Waals surface area contributed by atoms with Crippen LogP contribution in [0.1, 0.15) is 11.1 Å². The Hall–Kier alpha value is -1.19. The Morgan fingerprint density at radius 2 is 1.88 bits per heavy atom. The predicted molar refractivity (Wildman–Crippen MR) is 58.2 cm³/mol. The predicted octanol–water partition coefficient (Wildman–Crippen LogP) is 2.71. The molecular formula is C10H6ClF3O2S. The summed E-state index contributed by atoms with van der Waals surface area (Å²) in [5.74, 6) is 1.94. The van der Waals surface area contributed by atoms with E-state index in [2.05, 4.69) is 0 Å². The van der Waals surface area contributed by atoms with Crippen molar-refractivity contribution in [3.05, 3.63) is 34.3 Å². The van der Waals surface area contributed by atoms with Crippen LogP contribution in [0.25, 0.3) is 0 Å². The molecule has 0 amide bonds. The van der Waals surface area contributed by atoms with E-state index in [4.69, 9.17) is 11.6 Å². The van der Waals surface area contributed by atoms with Crippen LogP contribution in [0.2, 0.25) is 5.02 Å². The normalized spacial score (nSPS) is 11.8. The first-order valence-electron chi connectivity index (χ1n) is 4.20. The number of hydrogen-bond donors (Lipinski definition) is 0. The van der Waals surface area contributed by atoms with E-state index in [-0.39, 0.29) is 5.02 Å². The van der Waals surface area contributed by atoms with Gasteiger partial charge in [-0.1, -0.05) is 17.7 Å². The van der Waals surface area contributed by atoms with E-state index in [1.807, 2.05) is 5.92 Å². The topological polar surface area (TPSA) is 34.1 Å². The van der Waals surface area contributed by atoms with Gasteiger partial charge < -0.3 is 0 Å². The fourth-order valence-corrected chi connectivity index (χ4v) is 1.54. The molecule has 0 heterocycles. The van der Waals surface area contributed by atoms with Gasteiger partial charge in [0, 0.05) is 5.25 Å². The average Bonchev–Trinajstić information content (AvgIpc) is 2.12. The molecule has 1 aromatic rings. The van der Waals surface area contributed by atoms with Crippen LogP contribution >= 0.6 is 11.6 Å². The van der Waals surface area contributed by atoms with Crippen molar-refractivity contribution in [1.82, 2.24) is 0 Å². The summed E-state index contributed by atoms with van der Waals surface area (Å²) in [7, 11) is -3.69. The first-order chi connectivity index (χ1) is 7.61. The van der Waals surface area contributed by atoms with E-state index < -0.39 is 27.1 Å². The Balaban J connectivity index is 3.46. The molecule has 0 spiro atoms. The SMILES string of the molecule is CS(=O)(=O)C#Cc1c(Cl)cccc1C(F)(F)F. The minimum absolute atomic E-state index is 0.240. The van der Waals surface area contributed by atoms with Crippen molar-refractivity contribution in [3.63, 3.8) is 0 Å². The van der Waals surface area contributed by atoms with Crippen LogP contribution in [-0.2, 0) is 16.0 Å². The van der Waals surface area contributed by atoms with Crippen molar-refractivity contribution < 1.29 is 21.6 Å². The van der Waals surface area contributed by atoms with Crippen molar-refractivity contribution in [2.75, 3.05) is 6.26 Å². The van der Waals surface area contributed by atoms with Crippen molar-refractivity contribution in [3.8, 4) is 11.2 Å². The highest BCUT2D eigenvalue weighted by atomic mass is 35.5. The monoisotopic (exact) mass is 282 g/mol. The minimum Gasteiger partial charge on any atom is -0.216 e. The van der Waals surface area contributed by atoms with Gasteiger partial charge in [0.25, 0.3) is 0 Å². The van der Waals surface area contributed by atoms with E-state index in [0.29, 0.717) is 0 Å². The molecule has 0 aliphatic rings. The Labute approximate surface area is 101 Å². The van der Waals surface area contributed by atoms with Crippen LogP contribution < -0.4 is 0 Å². The molecule has 0 radical (unpaired) electrons. The average molecular weight is 283 g/mol. The maximum Gasteiger partial charge on any atom is 0.417 e. The molecular weight excluding hydrogens is 277 g/mol. The lowest BCUT2D eigenvalue weighted by Crippen LogP contribution is -2.08. The lowest BCUT2D eigenvalue weighted by molar-refractivity contribution is -0.137. The second-order valence-corrected chi connectivity index (χ2v) is 5.32. The Bertz CT molecular complexity index is 594. The highest BCUT2D eigenvalue weighted by molar-refractivity contribution is 7.95. The Morgan fingerprint density at radius 3 is 2.35 bits per heavy atom. The molecule has 7 heteroatoms. The zero-order chi connectivity index (χ0) is 13.3. The summed E-state index contributed by atoms with van der Waals surface area (Å²) in [6.45, 7) is 0. The van der Waals surface area contributed by atoms with Gasteiger partial charge >= 0.3 is 6.18 Å². The van der Waals surface area contributed by atoms with Gasteiger partial charge in [-0.25, -0.2) is 8.42 Å². The summed E-state index contributed by atoms with van der Waals surface area (Å²) in [4.78, 5) is 0. The molecule has 17 heavy (non-hydrogen) atoms. The number of rotatable bonds is 0. The van der Waals surface area contributed by atoms with Crippen LogP contribution in [0, 0.1) is 11.2 Å². The van der Waals surface area contributed by atoms with E-state index in [9.17, 15) is 21.6 Å². The smallest absolute Gasteiger partial charge is 0.216 e. The largest absolute Gasteiger partial charge is 0.417 e. The van der Waals surface area contributed by atoms with E-state index in [1.165, 1.54) is 6.07 Å².